The van der Waals surface area contributed by atoms with Gasteiger partial charge in [-0.15, -0.1) is 0 Å². The van der Waals surface area contributed by atoms with Crippen molar-refractivity contribution in [2.24, 2.45) is 5.73 Å². The van der Waals surface area contributed by atoms with E-state index in [1.807, 2.05) is 11.8 Å². The van der Waals surface area contributed by atoms with E-state index in [1.165, 1.54) is 6.07 Å². The van der Waals surface area contributed by atoms with Crippen molar-refractivity contribution in [3.8, 4) is 0 Å². The zero-order valence-corrected chi connectivity index (χ0v) is 10.3. The van der Waals surface area contributed by atoms with Crippen LogP contribution in [0.25, 0.3) is 0 Å². The van der Waals surface area contributed by atoms with Crippen molar-refractivity contribution in [1.82, 2.24) is 4.90 Å². The summed E-state index contributed by atoms with van der Waals surface area (Å²) in [7, 11) is 0. The molecule has 0 saturated carbocycles. The van der Waals surface area contributed by atoms with Gasteiger partial charge in [-0.2, -0.15) is 13.2 Å². The first-order chi connectivity index (χ1) is 8.49. The first-order valence-electron chi connectivity index (χ1n) is 6.12. The molecule has 1 atom stereocenters. The van der Waals surface area contributed by atoms with Crippen LogP contribution in [-0.4, -0.2) is 18.0 Å². The summed E-state index contributed by atoms with van der Waals surface area (Å²) in [5.41, 5.74) is 6.32. The minimum atomic E-state index is -4.29. The Morgan fingerprint density at radius 1 is 1.39 bits per heavy atom. The van der Waals surface area contributed by atoms with Crippen LogP contribution >= 0.6 is 0 Å². The summed E-state index contributed by atoms with van der Waals surface area (Å²) in [6, 6.07) is 4.31. The molecule has 100 valence electrons. The Bertz CT molecular complexity index is 429. The van der Waals surface area contributed by atoms with E-state index in [4.69, 9.17) is 5.73 Å². The first-order valence-corrected chi connectivity index (χ1v) is 6.12. The molecule has 5 heteroatoms. The van der Waals surface area contributed by atoms with Crippen LogP contribution in [0, 0.1) is 0 Å². The summed E-state index contributed by atoms with van der Waals surface area (Å²) < 4.78 is 38.8. The van der Waals surface area contributed by atoms with E-state index in [-0.39, 0.29) is 6.04 Å². The van der Waals surface area contributed by atoms with Crippen molar-refractivity contribution in [2.45, 2.75) is 32.1 Å². The Balaban J connectivity index is 2.43. The third-order valence-corrected chi connectivity index (χ3v) is 3.41. The molecule has 1 heterocycles. The first kappa shape index (κ1) is 13.4. The van der Waals surface area contributed by atoms with Gasteiger partial charge in [-0.25, -0.2) is 0 Å². The largest absolute Gasteiger partial charge is 0.416 e. The third kappa shape index (κ3) is 2.24. The smallest absolute Gasteiger partial charge is 0.329 e. The van der Waals surface area contributed by atoms with E-state index in [2.05, 4.69) is 0 Å². The molecule has 1 aromatic rings. The van der Waals surface area contributed by atoms with Crippen molar-refractivity contribution >= 4 is 0 Å². The van der Waals surface area contributed by atoms with Gasteiger partial charge in [0.05, 0.1) is 5.56 Å². The van der Waals surface area contributed by atoms with Crippen LogP contribution in [0.5, 0.6) is 0 Å². The van der Waals surface area contributed by atoms with Crippen molar-refractivity contribution in [2.75, 3.05) is 13.1 Å². The number of nitrogens with two attached hydrogens (primary N) is 1. The highest BCUT2D eigenvalue weighted by Gasteiger charge is 2.39. The highest BCUT2D eigenvalue weighted by molar-refractivity contribution is 5.42. The van der Waals surface area contributed by atoms with Gasteiger partial charge in [0.1, 0.15) is 0 Å². The molecule has 1 aromatic carbocycles. The monoisotopic (exact) mass is 258 g/mol. The average Bonchev–Trinajstić information content (AvgIpc) is 2.65. The minimum Gasteiger partial charge on any atom is -0.329 e. The molecule has 0 amide bonds. The maximum absolute atomic E-state index is 12.9. The summed E-state index contributed by atoms with van der Waals surface area (Å²) in [4.78, 5) is 2.03. The zero-order chi connectivity index (χ0) is 13.3. The zero-order valence-electron chi connectivity index (χ0n) is 10.3. The second kappa shape index (κ2) is 4.90. The molecule has 0 fully saturated rings. The standard InChI is InChI=1S/C13H17F3N2/c1-2-6-18-8-10-9(12(18)7-17)4-3-5-11(10)13(14,15)16/h3-5,12H,2,6-8,17H2,1H3. The van der Waals surface area contributed by atoms with E-state index in [9.17, 15) is 13.2 Å². The van der Waals surface area contributed by atoms with Gasteiger partial charge in [0.15, 0.2) is 0 Å². The van der Waals surface area contributed by atoms with E-state index in [0.29, 0.717) is 18.7 Å². The average molecular weight is 258 g/mol. The van der Waals surface area contributed by atoms with Crippen molar-refractivity contribution in [1.29, 1.82) is 0 Å². The molecule has 0 aliphatic carbocycles. The second-order valence-electron chi connectivity index (χ2n) is 4.59. The van der Waals surface area contributed by atoms with Gasteiger partial charge in [-0.05, 0) is 30.2 Å². The van der Waals surface area contributed by atoms with Gasteiger partial charge in [0, 0.05) is 19.1 Å². The van der Waals surface area contributed by atoms with Crippen molar-refractivity contribution in [3.05, 3.63) is 34.9 Å². The highest BCUT2D eigenvalue weighted by Crippen LogP contribution is 2.41. The van der Waals surface area contributed by atoms with E-state index < -0.39 is 11.7 Å². The number of halogens is 3. The number of benzene rings is 1. The summed E-state index contributed by atoms with van der Waals surface area (Å²) in [5.74, 6) is 0. The predicted octanol–water partition coefficient (Wildman–Crippen LogP) is 2.93. The number of rotatable bonds is 3. The topological polar surface area (TPSA) is 29.3 Å². The third-order valence-electron chi connectivity index (χ3n) is 3.41. The van der Waals surface area contributed by atoms with Gasteiger partial charge in [-0.1, -0.05) is 19.1 Å². The van der Waals surface area contributed by atoms with Gasteiger partial charge in [0.25, 0.3) is 0 Å². The SMILES string of the molecule is CCCN1Cc2c(cccc2C(F)(F)F)C1CN. The van der Waals surface area contributed by atoms with Crippen LogP contribution in [0.3, 0.4) is 0 Å². The minimum absolute atomic E-state index is 0.0813. The Morgan fingerprint density at radius 2 is 2.11 bits per heavy atom. The maximum Gasteiger partial charge on any atom is 0.416 e. The fourth-order valence-corrected chi connectivity index (χ4v) is 2.67. The Hall–Kier alpha value is -1.07. The molecular formula is C13H17F3N2. The second-order valence-corrected chi connectivity index (χ2v) is 4.59. The summed E-state index contributed by atoms with van der Waals surface area (Å²) in [6.07, 6.45) is -3.38. The summed E-state index contributed by atoms with van der Waals surface area (Å²) in [5, 5.41) is 0. The van der Waals surface area contributed by atoms with Crippen molar-refractivity contribution < 1.29 is 13.2 Å². The molecule has 2 N–H and O–H groups in total. The maximum atomic E-state index is 12.9. The Kier molecular flexibility index (Phi) is 3.64. The molecule has 1 aliphatic heterocycles. The van der Waals surface area contributed by atoms with E-state index >= 15 is 0 Å². The van der Waals surface area contributed by atoms with Crippen LogP contribution in [-0.2, 0) is 12.7 Å². The van der Waals surface area contributed by atoms with Gasteiger partial charge < -0.3 is 5.73 Å². The molecule has 1 unspecified atom stereocenters. The molecule has 0 radical (unpaired) electrons. The lowest BCUT2D eigenvalue weighted by Gasteiger charge is -2.22. The lowest BCUT2D eigenvalue weighted by atomic mass is 9.99. The Labute approximate surface area is 105 Å². The number of fused-ring (bicyclic) bond motifs is 1. The molecule has 18 heavy (non-hydrogen) atoms. The van der Waals surface area contributed by atoms with E-state index in [0.717, 1.165) is 24.6 Å². The van der Waals surface area contributed by atoms with Crippen LogP contribution in [0.2, 0.25) is 0 Å². The number of alkyl halides is 3. The molecular weight excluding hydrogens is 241 g/mol. The van der Waals surface area contributed by atoms with Crippen LogP contribution < -0.4 is 5.73 Å². The number of hydrogen-bond donors (Lipinski definition) is 1. The lowest BCUT2D eigenvalue weighted by Crippen LogP contribution is -2.28. The van der Waals surface area contributed by atoms with Crippen LogP contribution in [0.1, 0.15) is 36.1 Å². The molecule has 2 rings (SSSR count). The molecule has 0 bridgehead atoms. The molecule has 2 nitrogen and oxygen atoms in total. The fourth-order valence-electron chi connectivity index (χ4n) is 2.67. The molecule has 0 aromatic heterocycles. The summed E-state index contributed by atoms with van der Waals surface area (Å²) in [6.45, 7) is 3.49. The van der Waals surface area contributed by atoms with E-state index in [1.54, 1.807) is 6.07 Å². The van der Waals surface area contributed by atoms with Gasteiger partial charge in [0.2, 0.25) is 0 Å². The molecule has 0 spiro atoms. The summed E-state index contributed by atoms with van der Waals surface area (Å²) >= 11 is 0. The predicted molar refractivity (Wildman–Crippen MR) is 63.9 cm³/mol. The normalized spacial score (nSPS) is 20.2. The highest BCUT2D eigenvalue weighted by atomic mass is 19.4. The van der Waals surface area contributed by atoms with Crippen LogP contribution in [0.4, 0.5) is 13.2 Å². The quantitative estimate of drug-likeness (QED) is 0.903. The lowest BCUT2D eigenvalue weighted by molar-refractivity contribution is -0.138. The Morgan fingerprint density at radius 3 is 2.67 bits per heavy atom. The van der Waals surface area contributed by atoms with Crippen molar-refractivity contribution in [3.63, 3.8) is 0 Å². The number of nitrogens with zero attached hydrogens (tertiary/aromatic N) is 1. The molecule has 0 saturated heterocycles. The van der Waals surface area contributed by atoms with Gasteiger partial charge >= 0.3 is 6.18 Å². The fraction of sp³-hybridized carbons (Fsp3) is 0.538. The number of hydrogen-bond acceptors (Lipinski definition) is 2. The molecule has 1 aliphatic rings. The van der Waals surface area contributed by atoms with Gasteiger partial charge in [-0.3, -0.25) is 4.90 Å². The van der Waals surface area contributed by atoms with Crippen LogP contribution in [0.15, 0.2) is 18.2 Å².